The molecule has 0 spiro atoms. The monoisotopic (exact) mass is 427 g/mol. The smallest absolute Gasteiger partial charge is 0.410 e. The van der Waals surface area contributed by atoms with E-state index < -0.39 is 17.3 Å². The number of nitrogens with zero attached hydrogens (tertiary/aromatic N) is 2. The molecule has 1 saturated carbocycles. The molecule has 1 aromatic heterocycles. The Kier molecular flexibility index (Phi) is 6.44. The van der Waals surface area contributed by atoms with Gasteiger partial charge in [-0.15, -0.1) is 0 Å². The summed E-state index contributed by atoms with van der Waals surface area (Å²) in [6.45, 7) is 0.984. The van der Waals surface area contributed by atoms with Crippen LogP contribution in [0.5, 0.6) is 5.88 Å². The number of amides is 1. The number of aromatic nitrogens is 2. The number of hydrogen-bond acceptors (Lipinski definition) is 5. The fourth-order valence-corrected chi connectivity index (χ4v) is 4.79. The molecule has 2 heterocycles. The number of hydrogen-bond donors (Lipinski definition) is 2. The van der Waals surface area contributed by atoms with Crippen molar-refractivity contribution in [2.45, 2.75) is 63.5 Å². The van der Waals surface area contributed by atoms with Crippen molar-refractivity contribution in [1.82, 2.24) is 14.5 Å². The normalized spacial score (nSPS) is 19.9. The zero-order valence-electron chi connectivity index (χ0n) is 17.6. The third kappa shape index (κ3) is 4.68. The van der Waals surface area contributed by atoms with Crippen molar-refractivity contribution >= 4 is 6.09 Å². The topological polar surface area (TPSA) is 105 Å². The number of aromatic amines is 1. The summed E-state index contributed by atoms with van der Waals surface area (Å²) in [5, 5.41) is 10.9. The Morgan fingerprint density at radius 3 is 2.55 bits per heavy atom. The van der Waals surface area contributed by atoms with Gasteiger partial charge in [0.15, 0.2) is 0 Å². The number of aromatic hydroxyl groups is 1. The van der Waals surface area contributed by atoms with Gasteiger partial charge in [0.05, 0.1) is 5.56 Å². The third-order valence-corrected chi connectivity index (χ3v) is 6.39. The van der Waals surface area contributed by atoms with Gasteiger partial charge in [-0.2, -0.15) is 0 Å². The van der Waals surface area contributed by atoms with E-state index in [1.165, 1.54) is 4.57 Å². The Balaban J connectivity index is 1.52. The molecule has 1 saturated heterocycles. The lowest BCUT2D eigenvalue weighted by Gasteiger charge is -2.33. The summed E-state index contributed by atoms with van der Waals surface area (Å²) >= 11 is 0. The van der Waals surface area contributed by atoms with Gasteiger partial charge < -0.3 is 14.7 Å². The number of likely N-dealkylation sites (tertiary alicyclic amines) is 1. The van der Waals surface area contributed by atoms with Crippen molar-refractivity contribution in [3.8, 4) is 5.88 Å². The molecule has 8 nitrogen and oxygen atoms in total. The molecule has 1 aromatic carbocycles. The molecular weight excluding hydrogens is 398 g/mol. The quantitative estimate of drug-likeness (QED) is 0.779. The molecule has 2 fully saturated rings. The molecule has 166 valence electrons. The molecule has 2 aromatic rings. The lowest BCUT2D eigenvalue weighted by atomic mass is 9.91. The van der Waals surface area contributed by atoms with Crippen LogP contribution in [0, 0.1) is 0 Å². The van der Waals surface area contributed by atoms with E-state index >= 15 is 0 Å². The predicted octanol–water partition coefficient (Wildman–Crippen LogP) is 3.26. The van der Waals surface area contributed by atoms with Crippen molar-refractivity contribution in [3.05, 3.63) is 62.3 Å². The SMILES string of the molecule is O=C(OCc1ccccc1)N1CCCC(c2c(O)n(C3CCCCC3)c(=O)[nH]c2=O)C1. The molecule has 0 radical (unpaired) electrons. The minimum Gasteiger partial charge on any atom is -0.494 e. The lowest BCUT2D eigenvalue weighted by Crippen LogP contribution is -2.42. The third-order valence-electron chi connectivity index (χ3n) is 6.39. The van der Waals surface area contributed by atoms with Gasteiger partial charge in [-0.3, -0.25) is 14.3 Å². The molecule has 1 aliphatic heterocycles. The molecule has 1 amide bonds. The average Bonchev–Trinajstić information content (AvgIpc) is 2.79. The van der Waals surface area contributed by atoms with E-state index in [4.69, 9.17) is 4.74 Å². The van der Waals surface area contributed by atoms with Gasteiger partial charge in [0.1, 0.15) is 6.61 Å². The summed E-state index contributed by atoms with van der Waals surface area (Å²) < 4.78 is 6.78. The molecule has 2 N–H and O–H groups in total. The number of ether oxygens (including phenoxy) is 1. The van der Waals surface area contributed by atoms with Crippen LogP contribution < -0.4 is 11.2 Å². The molecule has 4 rings (SSSR count). The highest BCUT2D eigenvalue weighted by Gasteiger charge is 2.32. The number of piperidine rings is 1. The maximum atomic E-state index is 12.6. The Hall–Kier alpha value is -3.03. The maximum Gasteiger partial charge on any atom is 0.410 e. The molecule has 2 aliphatic rings. The van der Waals surface area contributed by atoms with Crippen LogP contribution in [0.15, 0.2) is 39.9 Å². The summed E-state index contributed by atoms with van der Waals surface area (Å²) in [5.41, 5.74) is -0.0315. The van der Waals surface area contributed by atoms with E-state index in [0.717, 1.165) is 37.7 Å². The highest BCUT2D eigenvalue weighted by molar-refractivity contribution is 5.68. The van der Waals surface area contributed by atoms with Crippen LogP contribution in [-0.2, 0) is 11.3 Å². The highest BCUT2D eigenvalue weighted by Crippen LogP contribution is 2.34. The Morgan fingerprint density at radius 2 is 1.81 bits per heavy atom. The number of carbonyl (C=O) groups is 1. The van der Waals surface area contributed by atoms with E-state index in [0.29, 0.717) is 19.4 Å². The first-order valence-electron chi connectivity index (χ1n) is 11.1. The van der Waals surface area contributed by atoms with E-state index in [1.807, 2.05) is 30.3 Å². The van der Waals surface area contributed by atoms with Gasteiger partial charge in [-0.25, -0.2) is 9.59 Å². The van der Waals surface area contributed by atoms with Crippen molar-refractivity contribution < 1.29 is 14.6 Å². The summed E-state index contributed by atoms with van der Waals surface area (Å²) in [7, 11) is 0. The minimum absolute atomic E-state index is 0.104. The predicted molar refractivity (Wildman–Crippen MR) is 115 cm³/mol. The Morgan fingerprint density at radius 1 is 1.06 bits per heavy atom. The second kappa shape index (κ2) is 9.41. The van der Waals surface area contributed by atoms with E-state index in [-0.39, 0.29) is 36.6 Å². The number of carbonyl (C=O) groups excluding carboxylic acids is 1. The van der Waals surface area contributed by atoms with Crippen LogP contribution >= 0.6 is 0 Å². The second-order valence-corrected chi connectivity index (χ2v) is 8.48. The fraction of sp³-hybridized carbons (Fsp3) is 0.522. The van der Waals surface area contributed by atoms with Crippen LogP contribution in [0.25, 0.3) is 0 Å². The number of H-pyrrole nitrogens is 1. The summed E-state index contributed by atoms with van der Waals surface area (Å²) in [6, 6.07) is 9.34. The molecule has 1 aliphatic carbocycles. The Bertz CT molecular complexity index is 1020. The zero-order chi connectivity index (χ0) is 21.8. The van der Waals surface area contributed by atoms with Gasteiger partial charge in [0.25, 0.3) is 5.56 Å². The van der Waals surface area contributed by atoms with Crippen LogP contribution in [-0.4, -0.2) is 38.7 Å². The minimum atomic E-state index is -0.570. The largest absolute Gasteiger partial charge is 0.494 e. The lowest BCUT2D eigenvalue weighted by molar-refractivity contribution is 0.0854. The first-order chi connectivity index (χ1) is 15.0. The van der Waals surface area contributed by atoms with Crippen LogP contribution in [0.1, 0.15) is 68.0 Å². The van der Waals surface area contributed by atoms with Gasteiger partial charge in [0, 0.05) is 25.0 Å². The molecular formula is C23H29N3O5. The van der Waals surface area contributed by atoms with Crippen molar-refractivity contribution in [2.75, 3.05) is 13.1 Å². The highest BCUT2D eigenvalue weighted by atomic mass is 16.6. The van der Waals surface area contributed by atoms with E-state index in [2.05, 4.69) is 4.98 Å². The number of rotatable bonds is 4. The molecule has 31 heavy (non-hydrogen) atoms. The first-order valence-corrected chi connectivity index (χ1v) is 11.1. The zero-order valence-corrected chi connectivity index (χ0v) is 17.6. The summed E-state index contributed by atoms with van der Waals surface area (Å²) in [5.74, 6) is -0.595. The van der Waals surface area contributed by atoms with Crippen molar-refractivity contribution in [1.29, 1.82) is 0 Å². The maximum absolute atomic E-state index is 12.6. The van der Waals surface area contributed by atoms with E-state index in [1.54, 1.807) is 4.90 Å². The molecule has 8 heteroatoms. The van der Waals surface area contributed by atoms with Gasteiger partial charge in [-0.1, -0.05) is 49.6 Å². The van der Waals surface area contributed by atoms with Crippen molar-refractivity contribution in [3.63, 3.8) is 0 Å². The van der Waals surface area contributed by atoms with E-state index in [9.17, 15) is 19.5 Å². The van der Waals surface area contributed by atoms with Gasteiger partial charge in [0.2, 0.25) is 5.88 Å². The molecule has 1 unspecified atom stereocenters. The average molecular weight is 428 g/mol. The van der Waals surface area contributed by atoms with Crippen LogP contribution in [0.3, 0.4) is 0 Å². The second-order valence-electron chi connectivity index (χ2n) is 8.48. The molecule has 0 bridgehead atoms. The number of nitrogens with one attached hydrogen (secondary N) is 1. The van der Waals surface area contributed by atoms with Gasteiger partial charge >= 0.3 is 11.8 Å². The fourth-order valence-electron chi connectivity index (χ4n) is 4.79. The molecule has 1 atom stereocenters. The van der Waals surface area contributed by atoms with Crippen molar-refractivity contribution in [2.24, 2.45) is 0 Å². The van der Waals surface area contributed by atoms with Crippen LogP contribution in [0.2, 0.25) is 0 Å². The Labute approximate surface area is 180 Å². The summed E-state index contributed by atoms with van der Waals surface area (Å²) in [6.07, 6.45) is 5.62. The first kappa shape index (κ1) is 21.2. The van der Waals surface area contributed by atoms with Crippen LogP contribution in [0.4, 0.5) is 4.79 Å². The number of benzene rings is 1. The standard InChI is InChI=1S/C23H29N3O5/c27-20-19(21(28)26(22(29)24-20)18-11-5-2-6-12-18)17-10-7-13-25(14-17)23(30)31-15-16-8-3-1-4-9-16/h1,3-4,8-9,17-18,28H,2,5-7,10-15H2,(H,24,27,29). The summed E-state index contributed by atoms with van der Waals surface area (Å²) in [4.78, 5) is 41.6. The van der Waals surface area contributed by atoms with Gasteiger partial charge in [-0.05, 0) is 31.2 Å².